The van der Waals surface area contributed by atoms with Crippen molar-refractivity contribution < 1.29 is 0 Å². The second-order valence-corrected chi connectivity index (χ2v) is 5.76. The summed E-state index contributed by atoms with van der Waals surface area (Å²) in [6.45, 7) is 1.04. The second kappa shape index (κ2) is 4.22. The zero-order chi connectivity index (χ0) is 11.0. The first-order chi connectivity index (χ1) is 7.81. The molecule has 0 atom stereocenters. The van der Waals surface area contributed by atoms with Gasteiger partial charge < -0.3 is 5.32 Å². The van der Waals surface area contributed by atoms with Crippen LogP contribution in [-0.4, -0.2) is 11.5 Å². The van der Waals surface area contributed by atoms with Crippen LogP contribution in [0.1, 0.15) is 19.3 Å². The van der Waals surface area contributed by atoms with Gasteiger partial charge in [0.2, 0.25) is 0 Å². The van der Waals surface area contributed by atoms with E-state index in [4.69, 9.17) is 11.6 Å². The maximum Gasteiger partial charge on any atom is 0.183 e. The summed E-state index contributed by atoms with van der Waals surface area (Å²) in [5.41, 5.74) is 1.03. The highest BCUT2D eigenvalue weighted by molar-refractivity contribution is 7.22. The van der Waals surface area contributed by atoms with Gasteiger partial charge in [0.15, 0.2) is 5.13 Å². The average molecular weight is 253 g/mol. The van der Waals surface area contributed by atoms with Crippen LogP contribution in [0.15, 0.2) is 18.2 Å². The number of fused-ring (bicyclic) bond motifs is 1. The third kappa shape index (κ3) is 2.30. The second-order valence-electron chi connectivity index (χ2n) is 4.29. The van der Waals surface area contributed by atoms with E-state index < -0.39 is 0 Å². The number of anilines is 1. The Morgan fingerprint density at radius 3 is 3.12 bits per heavy atom. The minimum atomic E-state index is 0.778. The third-order valence-corrected chi connectivity index (χ3v) is 4.09. The van der Waals surface area contributed by atoms with Crippen LogP contribution in [0.2, 0.25) is 5.02 Å². The van der Waals surface area contributed by atoms with Gasteiger partial charge in [0.1, 0.15) is 0 Å². The Bertz CT molecular complexity index is 505. The number of rotatable bonds is 4. The molecule has 2 nitrogen and oxygen atoms in total. The Kier molecular flexibility index (Phi) is 2.74. The molecule has 1 aliphatic rings. The van der Waals surface area contributed by atoms with Crippen LogP contribution in [0.25, 0.3) is 10.2 Å². The highest BCUT2D eigenvalue weighted by Gasteiger charge is 2.20. The lowest BCUT2D eigenvalue weighted by Crippen LogP contribution is -2.01. The Morgan fingerprint density at radius 2 is 2.31 bits per heavy atom. The molecule has 1 aromatic carbocycles. The Morgan fingerprint density at radius 1 is 1.44 bits per heavy atom. The minimum absolute atomic E-state index is 0.778. The quantitative estimate of drug-likeness (QED) is 0.884. The molecule has 0 unspecified atom stereocenters. The van der Waals surface area contributed by atoms with E-state index in [2.05, 4.69) is 10.3 Å². The molecule has 1 aliphatic carbocycles. The number of aromatic nitrogens is 1. The Balaban J connectivity index is 1.71. The van der Waals surface area contributed by atoms with Gasteiger partial charge in [-0.3, -0.25) is 0 Å². The van der Waals surface area contributed by atoms with Gasteiger partial charge in [0.05, 0.1) is 10.2 Å². The van der Waals surface area contributed by atoms with E-state index in [0.29, 0.717) is 0 Å². The van der Waals surface area contributed by atoms with Gasteiger partial charge in [-0.1, -0.05) is 35.8 Å². The molecule has 1 aromatic heterocycles. The average Bonchev–Trinajstić information content (AvgIpc) is 2.98. The van der Waals surface area contributed by atoms with Crippen molar-refractivity contribution in [1.29, 1.82) is 0 Å². The van der Waals surface area contributed by atoms with E-state index in [0.717, 1.165) is 32.8 Å². The van der Waals surface area contributed by atoms with Gasteiger partial charge in [0, 0.05) is 11.6 Å². The zero-order valence-electron chi connectivity index (χ0n) is 8.87. The summed E-state index contributed by atoms with van der Waals surface area (Å²) in [5, 5.41) is 5.18. The van der Waals surface area contributed by atoms with Crippen LogP contribution < -0.4 is 5.32 Å². The van der Waals surface area contributed by atoms with E-state index >= 15 is 0 Å². The highest BCUT2D eigenvalue weighted by Crippen LogP contribution is 2.33. The Hall–Kier alpha value is -0.800. The number of nitrogens with one attached hydrogen (secondary N) is 1. The van der Waals surface area contributed by atoms with E-state index in [1.165, 1.54) is 19.3 Å². The molecule has 2 aromatic rings. The molecule has 0 amide bonds. The SMILES string of the molecule is Clc1ccc2nc(NCCC3CC3)sc2c1. The monoisotopic (exact) mass is 252 g/mol. The number of hydrogen-bond donors (Lipinski definition) is 1. The number of nitrogens with zero attached hydrogens (tertiary/aromatic N) is 1. The summed E-state index contributed by atoms with van der Waals surface area (Å²) >= 11 is 7.62. The number of halogens is 1. The highest BCUT2D eigenvalue weighted by atomic mass is 35.5. The number of hydrogen-bond acceptors (Lipinski definition) is 3. The van der Waals surface area contributed by atoms with Crippen LogP contribution >= 0.6 is 22.9 Å². The van der Waals surface area contributed by atoms with Crippen molar-refractivity contribution in [2.24, 2.45) is 5.92 Å². The first-order valence-electron chi connectivity index (χ1n) is 5.61. The zero-order valence-corrected chi connectivity index (χ0v) is 10.4. The van der Waals surface area contributed by atoms with Crippen molar-refractivity contribution in [1.82, 2.24) is 4.98 Å². The minimum Gasteiger partial charge on any atom is -0.361 e. The molecule has 0 radical (unpaired) electrons. The Labute approximate surface area is 104 Å². The van der Waals surface area contributed by atoms with Gasteiger partial charge in [-0.25, -0.2) is 4.98 Å². The van der Waals surface area contributed by atoms with Crippen molar-refractivity contribution in [2.75, 3.05) is 11.9 Å². The molecule has 3 rings (SSSR count). The summed E-state index contributed by atoms with van der Waals surface area (Å²) < 4.78 is 1.15. The summed E-state index contributed by atoms with van der Waals surface area (Å²) in [7, 11) is 0. The standard InChI is InChI=1S/C12H13ClN2S/c13-9-3-4-10-11(7-9)16-12(15-10)14-6-5-8-1-2-8/h3-4,7-8H,1-2,5-6H2,(H,14,15). The normalized spacial score (nSPS) is 15.6. The molecule has 0 spiro atoms. The van der Waals surface area contributed by atoms with Gasteiger partial charge in [-0.05, 0) is 30.5 Å². The van der Waals surface area contributed by atoms with Crippen LogP contribution in [-0.2, 0) is 0 Å². The fourth-order valence-corrected chi connectivity index (χ4v) is 2.93. The molecular formula is C12H13ClN2S. The predicted molar refractivity (Wildman–Crippen MR) is 70.5 cm³/mol. The van der Waals surface area contributed by atoms with E-state index in [1.807, 2.05) is 18.2 Å². The van der Waals surface area contributed by atoms with Crippen LogP contribution in [0.3, 0.4) is 0 Å². The molecule has 0 saturated heterocycles. The molecule has 1 heterocycles. The van der Waals surface area contributed by atoms with Crippen molar-refractivity contribution >= 4 is 38.3 Å². The summed E-state index contributed by atoms with van der Waals surface area (Å²) in [4.78, 5) is 4.52. The summed E-state index contributed by atoms with van der Waals surface area (Å²) in [5.74, 6) is 0.969. The lowest BCUT2D eigenvalue weighted by molar-refractivity contribution is 0.760. The first kappa shape index (κ1) is 10.4. The van der Waals surface area contributed by atoms with Crippen LogP contribution in [0.5, 0.6) is 0 Å². The lowest BCUT2D eigenvalue weighted by atomic mass is 10.3. The molecule has 84 valence electrons. The molecule has 4 heteroatoms. The molecule has 1 N–H and O–H groups in total. The fourth-order valence-electron chi connectivity index (χ4n) is 1.76. The molecule has 0 aliphatic heterocycles. The van der Waals surface area contributed by atoms with Crippen molar-refractivity contribution in [3.05, 3.63) is 23.2 Å². The number of benzene rings is 1. The van der Waals surface area contributed by atoms with Crippen LogP contribution in [0, 0.1) is 5.92 Å². The van der Waals surface area contributed by atoms with Crippen molar-refractivity contribution in [2.45, 2.75) is 19.3 Å². The molecule has 1 fully saturated rings. The van der Waals surface area contributed by atoms with Crippen molar-refractivity contribution in [3.63, 3.8) is 0 Å². The third-order valence-electron chi connectivity index (χ3n) is 2.88. The predicted octanol–water partition coefficient (Wildman–Crippen LogP) is 4.16. The smallest absolute Gasteiger partial charge is 0.183 e. The van der Waals surface area contributed by atoms with Gasteiger partial charge in [0.25, 0.3) is 0 Å². The van der Waals surface area contributed by atoms with Gasteiger partial charge in [-0.2, -0.15) is 0 Å². The fraction of sp³-hybridized carbons (Fsp3) is 0.417. The largest absolute Gasteiger partial charge is 0.361 e. The molecular weight excluding hydrogens is 240 g/mol. The first-order valence-corrected chi connectivity index (χ1v) is 6.81. The van der Waals surface area contributed by atoms with E-state index in [1.54, 1.807) is 11.3 Å². The van der Waals surface area contributed by atoms with E-state index in [-0.39, 0.29) is 0 Å². The maximum atomic E-state index is 5.94. The molecule has 1 saturated carbocycles. The topological polar surface area (TPSA) is 24.9 Å². The van der Waals surface area contributed by atoms with E-state index in [9.17, 15) is 0 Å². The van der Waals surface area contributed by atoms with Gasteiger partial charge >= 0.3 is 0 Å². The molecule has 0 bridgehead atoms. The number of thiazole rings is 1. The molecule has 16 heavy (non-hydrogen) atoms. The van der Waals surface area contributed by atoms with Gasteiger partial charge in [-0.15, -0.1) is 0 Å². The van der Waals surface area contributed by atoms with Crippen molar-refractivity contribution in [3.8, 4) is 0 Å². The summed E-state index contributed by atoms with van der Waals surface area (Å²) in [6, 6.07) is 5.83. The lowest BCUT2D eigenvalue weighted by Gasteiger charge is -1.99. The summed E-state index contributed by atoms with van der Waals surface area (Å²) in [6.07, 6.45) is 4.10. The maximum absolute atomic E-state index is 5.94. The van der Waals surface area contributed by atoms with Crippen LogP contribution in [0.4, 0.5) is 5.13 Å².